The fourth-order valence-electron chi connectivity index (χ4n) is 6.39. The fraction of sp³-hybridized carbons (Fsp3) is 0.379. The lowest BCUT2D eigenvalue weighted by atomic mass is 9.91. The highest BCUT2D eigenvalue weighted by molar-refractivity contribution is 6.40. The summed E-state index contributed by atoms with van der Waals surface area (Å²) in [4.78, 5) is 20.6. The Balaban J connectivity index is 1.54. The molecule has 3 N–H and O–H groups in total. The third-order valence-electron chi connectivity index (χ3n) is 8.55. The Bertz CT molecular complexity index is 1660. The number of aromatic nitrogens is 4. The number of aryl methyl sites for hydroxylation is 2. The average molecular weight is 530 g/mol. The number of fused-ring (bicyclic) bond motifs is 2. The number of ketones is 1. The van der Waals surface area contributed by atoms with Crippen molar-refractivity contribution in [2.75, 3.05) is 13.6 Å². The standard InChI is InChI=1S/C29H32ClN7O/c1-16-10-21-20(15-32-35-21)26(27(16)30)25(28(31)18-6-7-23-19(11-18)14-33-37(23)4)17(2)34-22-12-29(13-24(22)38)8-5-9-36(29)3/h6-7,10-11,14-15,22H,5,8-9,12-13,31H2,1-4H3,(H,32,35)/b28-25+,34-17?. The molecule has 1 saturated heterocycles. The smallest absolute Gasteiger partial charge is 0.159 e. The summed E-state index contributed by atoms with van der Waals surface area (Å²) in [6.45, 7) is 4.93. The minimum absolute atomic E-state index is 0.0783. The van der Waals surface area contributed by atoms with Gasteiger partial charge in [0.05, 0.1) is 28.4 Å². The number of nitrogens with two attached hydrogens (primary N) is 1. The van der Waals surface area contributed by atoms with Gasteiger partial charge in [-0.1, -0.05) is 17.7 Å². The molecule has 0 radical (unpaired) electrons. The van der Waals surface area contributed by atoms with Crippen molar-refractivity contribution in [2.45, 2.75) is 51.1 Å². The second-order valence-corrected chi connectivity index (χ2v) is 11.2. The molecule has 38 heavy (non-hydrogen) atoms. The molecule has 2 aliphatic rings. The Labute approximate surface area is 226 Å². The zero-order valence-corrected chi connectivity index (χ0v) is 22.9. The monoisotopic (exact) mass is 529 g/mol. The van der Waals surface area contributed by atoms with Gasteiger partial charge in [0.2, 0.25) is 0 Å². The molecule has 0 bridgehead atoms. The Morgan fingerprint density at radius 2 is 2.08 bits per heavy atom. The van der Waals surface area contributed by atoms with Gasteiger partial charge in [-0.2, -0.15) is 10.2 Å². The maximum absolute atomic E-state index is 13.2. The largest absolute Gasteiger partial charge is 0.398 e. The molecule has 1 spiro atoms. The van der Waals surface area contributed by atoms with Crippen molar-refractivity contribution in [2.24, 2.45) is 17.8 Å². The number of nitrogens with zero attached hydrogens (tertiary/aromatic N) is 5. The van der Waals surface area contributed by atoms with Gasteiger partial charge < -0.3 is 10.6 Å². The Morgan fingerprint density at radius 3 is 2.84 bits per heavy atom. The van der Waals surface area contributed by atoms with Gasteiger partial charge in [-0.3, -0.25) is 19.6 Å². The average Bonchev–Trinajstić information content (AvgIpc) is 3.65. The van der Waals surface area contributed by atoms with Gasteiger partial charge in [0.25, 0.3) is 0 Å². The van der Waals surface area contributed by atoms with Gasteiger partial charge in [0, 0.05) is 52.3 Å². The van der Waals surface area contributed by atoms with Crippen LogP contribution in [0.4, 0.5) is 0 Å². The summed E-state index contributed by atoms with van der Waals surface area (Å²) in [7, 11) is 4.04. The first kappa shape index (κ1) is 24.8. The Kier molecular flexibility index (Phi) is 5.92. The normalized spacial score (nSPS) is 23.3. The number of H-pyrrole nitrogens is 1. The zero-order valence-electron chi connectivity index (χ0n) is 22.2. The lowest BCUT2D eigenvalue weighted by Gasteiger charge is -2.31. The van der Waals surface area contributed by atoms with Crippen LogP contribution in [0.2, 0.25) is 5.02 Å². The molecule has 2 fully saturated rings. The van der Waals surface area contributed by atoms with Crippen molar-refractivity contribution in [1.29, 1.82) is 0 Å². The second-order valence-electron chi connectivity index (χ2n) is 10.9. The van der Waals surface area contributed by atoms with E-state index >= 15 is 0 Å². The van der Waals surface area contributed by atoms with E-state index in [0.29, 0.717) is 22.9 Å². The number of nitrogens with one attached hydrogen (secondary N) is 1. The van der Waals surface area contributed by atoms with Crippen LogP contribution in [0.5, 0.6) is 0 Å². The van der Waals surface area contributed by atoms with E-state index < -0.39 is 6.04 Å². The maximum atomic E-state index is 13.2. The third kappa shape index (κ3) is 3.85. The minimum Gasteiger partial charge on any atom is -0.398 e. The number of carbonyl (C=O) groups is 1. The quantitative estimate of drug-likeness (QED) is 0.289. The molecule has 196 valence electrons. The molecule has 2 atom stereocenters. The number of likely N-dealkylation sites (tertiary alicyclic amines) is 1. The summed E-state index contributed by atoms with van der Waals surface area (Å²) in [5.74, 6) is 0.191. The Hall–Kier alpha value is -3.49. The number of hydrogen-bond donors (Lipinski definition) is 2. The SMILES string of the molecule is CC(=NC1CC2(CCCN2C)CC1=O)/C(=C(\N)c1ccc2c(cnn2C)c1)c1c(Cl)c(C)cc2[nH]ncc12. The molecule has 8 nitrogen and oxygen atoms in total. The molecular weight excluding hydrogens is 498 g/mol. The fourth-order valence-corrected chi connectivity index (χ4v) is 6.64. The number of aliphatic imine (C=N–C) groups is 1. The lowest BCUT2D eigenvalue weighted by molar-refractivity contribution is -0.118. The molecule has 2 unspecified atom stereocenters. The van der Waals surface area contributed by atoms with Crippen LogP contribution in [0.15, 0.2) is 41.7 Å². The van der Waals surface area contributed by atoms with E-state index in [-0.39, 0.29) is 11.3 Å². The number of hydrogen-bond acceptors (Lipinski definition) is 6. The number of allylic oxidation sites excluding steroid dienone is 1. The highest BCUT2D eigenvalue weighted by atomic mass is 35.5. The number of carbonyl (C=O) groups excluding carboxylic acids is 1. The van der Waals surface area contributed by atoms with Crippen LogP contribution in [-0.4, -0.2) is 61.5 Å². The van der Waals surface area contributed by atoms with Crippen LogP contribution >= 0.6 is 11.6 Å². The molecular formula is C29H32ClN7O. The zero-order chi connectivity index (χ0) is 26.8. The first-order valence-electron chi connectivity index (χ1n) is 13.0. The van der Waals surface area contributed by atoms with Crippen molar-refractivity contribution in [1.82, 2.24) is 24.9 Å². The van der Waals surface area contributed by atoms with E-state index in [4.69, 9.17) is 22.3 Å². The number of aromatic amines is 1. The molecule has 3 heterocycles. The predicted molar refractivity (Wildman–Crippen MR) is 153 cm³/mol. The van der Waals surface area contributed by atoms with Gasteiger partial charge in [0.15, 0.2) is 5.78 Å². The molecule has 2 aromatic carbocycles. The second kappa shape index (κ2) is 9.06. The summed E-state index contributed by atoms with van der Waals surface area (Å²) < 4.78 is 1.83. The molecule has 6 rings (SSSR count). The highest BCUT2D eigenvalue weighted by Gasteiger charge is 2.49. The van der Waals surface area contributed by atoms with Gasteiger partial charge in [0.1, 0.15) is 6.04 Å². The van der Waals surface area contributed by atoms with Crippen LogP contribution in [0, 0.1) is 6.92 Å². The highest BCUT2D eigenvalue weighted by Crippen LogP contribution is 2.43. The van der Waals surface area contributed by atoms with Crippen LogP contribution in [0.3, 0.4) is 0 Å². The van der Waals surface area contributed by atoms with Gasteiger partial charge in [-0.25, -0.2) is 0 Å². The summed E-state index contributed by atoms with van der Waals surface area (Å²) in [5, 5.41) is 14.2. The molecule has 1 aliphatic heterocycles. The van der Waals surface area contributed by atoms with E-state index in [1.807, 2.05) is 56.0 Å². The maximum Gasteiger partial charge on any atom is 0.159 e. The van der Waals surface area contributed by atoms with Gasteiger partial charge in [-0.05, 0) is 76.0 Å². The molecule has 4 aromatic rings. The summed E-state index contributed by atoms with van der Waals surface area (Å²) in [5.41, 5.74) is 13.3. The number of Topliss-reactive ketones (excluding diaryl/α,β-unsaturated/α-hetero) is 1. The number of halogens is 1. The first-order valence-corrected chi connectivity index (χ1v) is 13.4. The van der Waals surface area contributed by atoms with E-state index in [1.54, 1.807) is 6.20 Å². The van der Waals surface area contributed by atoms with Gasteiger partial charge in [-0.15, -0.1) is 0 Å². The van der Waals surface area contributed by atoms with E-state index in [9.17, 15) is 4.79 Å². The van der Waals surface area contributed by atoms with Crippen molar-refractivity contribution in [3.8, 4) is 0 Å². The van der Waals surface area contributed by atoms with Crippen LogP contribution in [0.1, 0.15) is 49.3 Å². The Morgan fingerprint density at radius 1 is 1.26 bits per heavy atom. The van der Waals surface area contributed by atoms with Crippen molar-refractivity contribution in [3.63, 3.8) is 0 Å². The molecule has 2 aromatic heterocycles. The minimum atomic E-state index is -0.400. The van der Waals surface area contributed by atoms with Crippen molar-refractivity contribution < 1.29 is 4.79 Å². The summed E-state index contributed by atoms with van der Waals surface area (Å²) in [6.07, 6.45) is 7.03. The molecule has 9 heteroatoms. The predicted octanol–water partition coefficient (Wildman–Crippen LogP) is 4.90. The topological polar surface area (TPSA) is 105 Å². The van der Waals surface area contributed by atoms with Crippen LogP contribution in [-0.2, 0) is 11.8 Å². The van der Waals surface area contributed by atoms with E-state index in [0.717, 1.165) is 69.9 Å². The molecule has 0 amide bonds. The number of benzene rings is 2. The van der Waals surface area contributed by atoms with E-state index in [1.165, 1.54) is 0 Å². The lowest BCUT2D eigenvalue weighted by Crippen LogP contribution is -2.39. The van der Waals surface area contributed by atoms with Gasteiger partial charge >= 0.3 is 0 Å². The van der Waals surface area contributed by atoms with Crippen LogP contribution < -0.4 is 5.73 Å². The summed E-state index contributed by atoms with van der Waals surface area (Å²) in [6, 6.07) is 7.62. The molecule has 1 aliphatic carbocycles. The summed E-state index contributed by atoms with van der Waals surface area (Å²) >= 11 is 6.99. The van der Waals surface area contributed by atoms with Crippen LogP contribution in [0.25, 0.3) is 33.1 Å². The number of rotatable bonds is 4. The third-order valence-corrected chi connectivity index (χ3v) is 9.03. The van der Waals surface area contributed by atoms with E-state index in [2.05, 4.69) is 27.2 Å². The van der Waals surface area contributed by atoms with Crippen molar-refractivity contribution >= 4 is 56.2 Å². The first-order chi connectivity index (χ1) is 18.2. The van der Waals surface area contributed by atoms with Crippen molar-refractivity contribution in [3.05, 3.63) is 58.4 Å². The molecule has 1 saturated carbocycles.